The van der Waals surface area contributed by atoms with E-state index < -0.39 is 11.8 Å². The molecule has 9 heteroatoms. The molecular weight excluding hydrogens is 465 g/mol. The molecule has 1 aliphatic carbocycles. The number of carboxylic acid groups (broad SMARTS) is 1. The Hall–Kier alpha value is -4.40. The molecule has 0 spiro atoms. The van der Waals surface area contributed by atoms with E-state index in [0.29, 0.717) is 39.5 Å². The number of halogens is 1. The first-order valence-corrected chi connectivity index (χ1v) is 11.1. The van der Waals surface area contributed by atoms with Crippen LogP contribution >= 0.6 is 0 Å². The predicted octanol–water partition coefficient (Wildman–Crippen LogP) is 3.80. The maximum atomic E-state index is 14.2. The molecule has 0 radical (unpaired) electrons. The van der Waals surface area contributed by atoms with Gasteiger partial charge in [-0.25, -0.2) is 4.39 Å². The van der Waals surface area contributed by atoms with E-state index in [1.165, 1.54) is 32.4 Å². The van der Waals surface area contributed by atoms with Gasteiger partial charge in [-0.15, -0.1) is 0 Å². The zero-order valence-corrected chi connectivity index (χ0v) is 20.3. The number of carbonyl (C=O) groups excluding carboxylic acids is 1. The lowest BCUT2D eigenvalue weighted by Gasteiger charge is -2.14. The highest BCUT2D eigenvalue weighted by atomic mass is 19.1. The van der Waals surface area contributed by atoms with Crippen LogP contribution in [0.2, 0.25) is 0 Å². The first-order chi connectivity index (χ1) is 17.2. The van der Waals surface area contributed by atoms with Gasteiger partial charge in [-0.1, -0.05) is 6.07 Å². The van der Waals surface area contributed by atoms with Crippen LogP contribution in [0.4, 0.5) is 4.39 Å². The predicted molar refractivity (Wildman–Crippen MR) is 136 cm³/mol. The standard InChI is InChI=1S/C27H28FN3O5/c1-15-20(8-16-9-24(35-2)23(13-27(33)34)25(10-16)36-3)19-5-4-17(28)11-22(19)21(15)12-26(32)31-14-18(30)6-7-29/h4-11,29H,12-14,30H2,1-3H3,(H,31,32)(H,33,34)/b18-6-,20-8-,29-7?. The molecule has 0 aliphatic heterocycles. The highest BCUT2D eigenvalue weighted by Crippen LogP contribution is 2.44. The number of methoxy groups -OCH3 is 2. The highest BCUT2D eigenvalue weighted by Gasteiger charge is 2.26. The minimum Gasteiger partial charge on any atom is -0.496 e. The number of fused-ring (bicyclic) bond motifs is 1. The minimum absolute atomic E-state index is 0.0156. The van der Waals surface area contributed by atoms with Crippen molar-refractivity contribution in [3.8, 4) is 11.5 Å². The molecule has 0 aromatic heterocycles. The van der Waals surface area contributed by atoms with E-state index in [1.807, 2.05) is 13.0 Å². The van der Waals surface area contributed by atoms with Crippen molar-refractivity contribution >= 4 is 35.3 Å². The second kappa shape index (κ2) is 11.4. The van der Waals surface area contributed by atoms with Gasteiger partial charge in [0.2, 0.25) is 5.91 Å². The minimum atomic E-state index is -1.01. The maximum Gasteiger partial charge on any atom is 0.308 e. The lowest BCUT2D eigenvalue weighted by Crippen LogP contribution is -2.28. The van der Waals surface area contributed by atoms with Crippen molar-refractivity contribution in [2.24, 2.45) is 5.73 Å². The first-order valence-electron chi connectivity index (χ1n) is 11.1. The molecule has 0 fully saturated rings. The monoisotopic (exact) mass is 493 g/mol. The van der Waals surface area contributed by atoms with Gasteiger partial charge in [0.25, 0.3) is 0 Å². The lowest BCUT2D eigenvalue weighted by molar-refractivity contribution is -0.136. The topological polar surface area (TPSA) is 135 Å². The number of carbonyl (C=O) groups is 2. The summed E-state index contributed by atoms with van der Waals surface area (Å²) in [6.07, 6.45) is 4.05. The zero-order chi connectivity index (χ0) is 26.4. The third-order valence-corrected chi connectivity index (χ3v) is 5.85. The number of ether oxygens (including phenoxy) is 2. The summed E-state index contributed by atoms with van der Waals surface area (Å²) < 4.78 is 25.0. The van der Waals surface area contributed by atoms with E-state index >= 15 is 0 Å². The summed E-state index contributed by atoms with van der Waals surface area (Å²) >= 11 is 0. The van der Waals surface area contributed by atoms with Crippen molar-refractivity contribution < 1.29 is 28.6 Å². The lowest BCUT2D eigenvalue weighted by atomic mass is 9.99. The van der Waals surface area contributed by atoms with E-state index in [4.69, 9.17) is 20.6 Å². The summed E-state index contributed by atoms with van der Waals surface area (Å²) in [5, 5.41) is 19.0. The second-order valence-electron chi connectivity index (χ2n) is 8.19. The number of nitrogens with one attached hydrogen (secondary N) is 2. The molecule has 0 heterocycles. The van der Waals surface area contributed by atoms with E-state index in [0.717, 1.165) is 22.9 Å². The molecule has 0 saturated carbocycles. The third kappa shape index (κ3) is 5.80. The van der Waals surface area contributed by atoms with Crippen LogP contribution in [0, 0.1) is 11.2 Å². The van der Waals surface area contributed by atoms with Crippen molar-refractivity contribution in [1.29, 1.82) is 5.41 Å². The first kappa shape index (κ1) is 26.2. The second-order valence-corrected chi connectivity index (χ2v) is 8.19. The van der Waals surface area contributed by atoms with Crippen LogP contribution in [0.5, 0.6) is 11.5 Å². The number of carboxylic acids is 1. The van der Waals surface area contributed by atoms with E-state index in [1.54, 1.807) is 18.2 Å². The van der Waals surface area contributed by atoms with Crippen molar-refractivity contribution in [1.82, 2.24) is 5.32 Å². The molecule has 5 N–H and O–H groups in total. The smallest absolute Gasteiger partial charge is 0.308 e. The third-order valence-electron chi connectivity index (χ3n) is 5.85. The molecule has 2 aromatic rings. The summed E-state index contributed by atoms with van der Waals surface area (Å²) in [5.74, 6) is -0.972. The Morgan fingerprint density at radius 1 is 1.11 bits per heavy atom. The maximum absolute atomic E-state index is 14.2. The average molecular weight is 494 g/mol. The Balaban J connectivity index is 2.04. The van der Waals surface area contributed by atoms with Gasteiger partial charge in [-0.2, -0.15) is 0 Å². The summed E-state index contributed by atoms with van der Waals surface area (Å²) in [4.78, 5) is 23.9. The van der Waals surface area contributed by atoms with Crippen LogP contribution in [-0.2, 0) is 16.0 Å². The van der Waals surface area contributed by atoms with Crippen molar-refractivity contribution in [2.75, 3.05) is 20.8 Å². The number of benzene rings is 2. The number of nitrogens with two attached hydrogens (primary N) is 1. The fraction of sp³-hybridized carbons (Fsp3) is 0.222. The van der Waals surface area contributed by atoms with Crippen LogP contribution in [0.1, 0.15) is 35.6 Å². The molecule has 0 saturated heterocycles. The number of rotatable bonds is 10. The summed E-state index contributed by atoms with van der Waals surface area (Å²) in [6, 6.07) is 7.87. The number of aliphatic carboxylic acids is 1. The van der Waals surface area contributed by atoms with E-state index in [-0.39, 0.29) is 25.3 Å². The zero-order valence-electron chi connectivity index (χ0n) is 20.3. The number of hydrogen-bond donors (Lipinski definition) is 4. The molecular formula is C27H28FN3O5. The van der Waals surface area contributed by atoms with Gasteiger partial charge in [0.1, 0.15) is 17.3 Å². The molecule has 2 aromatic carbocycles. The summed E-state index contributed by atoms with van der Waals surface area (Å²) in [6.45, 7) is 1.96. The van der Waals surface area contributed by atoms with E-state index in [9.17, 15) is 19.1 Å². The number of amides is 1. The normalized spacial score (nSPS) is 14.0. The molecule has 36 heavy (non-hydrogen) atoms. The molecule has 0 unspecified atom stereocenters. The van der Waals surface area contributed by atoms with Crippen molar-refractivity contribution in [3.05, 3.63) is 75.7 Å². The van der Waals surface area contributed by atoms with Crippen molar-refractivity contribution in [3.63, 3.8) is 0 Å². The molecule has 3 rings (SSSR count). The highest BCUT2D eigenvalue weighted by molar-refractivity contribution is 6.08. The SMILES string of the molecule is COc1cc(/C=C2/C(C)=C(CC(=O)NC/C(N)=C/C=N)c3cc(F)ccc32)cc(OC)c1CC(=O)O. The Morgan fingerprint density at radius 2 is 1.78 bits per heavy atom. The molecule has 1 aliphatic rings. The number of allylic oxidation sites excluding steroid dienone is 3. The average Bonchev–Trinajstić information content (AvgIpc) is 3.08. The Bertz CT molecular complexity index is 1290. The van der Waals surface area contributed by atoms with Gasteiger partial charge in [0.05, 0.1) is 33.6 Å². The Morgan fingerprint density at radius 3 is 2.36 bits per heavy atom. The van der Waals surface area contributed by atoms with Crippen LogP contribution in [-0.4, -0.2) is 44.0 Å². The molecule has 188 valence electrons. The van der Waals surface area contributed by atoms with E-state index in [2.05, 4.69) is 5.32 Å². The van der Waals surface area contributed by atoms with Crippen LogP contribution < -0.4 is 20.5 Å². The van der Waals surface area contributed by atoms with Crippen LogP contribution in [0.15, 0.2) is 47.7 Å². The molecule has 0 atom stereocenters. The fourth-order valence-corrected chi connectivity index (χ4v) is 4.15. The Kier molecular flexibility index (Phi) is 8.26. The van der Waals surface area contributed by atoms with Gasteiger partial charge in [-0.3, -0.25) is 9.59 Å². The van der Waals surface area contributed by atoms with Gasteiger partial charge in [0, 0.05) is 17.5 Å². The summed E-state index contributed by atoms with van der Waals surface area (Å²) in [5.41, 5.74) is 10.9. The number of hydrogen-bond acceptors (Lipinski definition) is 6. The van der Waals surface area contributed by atoms with Gasteiger partial charge in [-0.05, 0) is 76.8 Å². The molecule has 0 bridgehead atoms. The van der Waals surface area contributed by atoms with Crippen LogP contribution in [0.25, 0.3) is 17.2 Å². The molecule has 1 amide bonds. The van der Waals surface area contributed by atoms with Gasteiger partial charge >= 0.3 is 5.97 Å². The Labute approximate surface area is 208 Å². The quantitative estimate of drug-likeness (QED) is 0.372. The van der Waals surface area contributed by atoms with Gasteiger partial charge < -0.3 is 31.0 Å². The summed E-state index contributed by atoms with van der Waals surface area (Å²) in [7, 11) is 2.91. The largest absolute Gasteiger partial charge is 0.496 e. The van der Waals surface area contributed by atoms with Gasteiger partial charge in [0.15, 0.2) is 0 Å². The molecule has 8 nitrogen and oxygen atoms in total. The van der Waals surface area contributed by atoms with Crippen LogP contribution in [0.3, 0.4) is 0 Å². The van der Waals surface area contributed by atoms with Crippen molar-refractivity contribution in [2.45, 2.75) is 19.8 Å². The fourth-order valence-electron chi connectivity index (χ4n) is 4.15.